The molecule has 1 aliphatic heterocycles. The molecule has 1 aromatic heterocycles. The summed E-state index contributed by atoms with van der Waals surface area (Å²) in [7, 11) is 0. The largest absolute Gasteiger partial charge is 0.479 e. The van der Waals surface area contributed by atoms with Gasteiger partial charge in [0, 0.05) is 23.8 Å². The number of aromatic nitrogens is 1. The average molecular weight is 184 g/mol. The van der Waals surface area contributed by atoms with Gasteiger partial charge >= 0.3 is 0 Å². The van der Waals surface area contributed by atoms with Gasteiger partial charge in [0.2, 0.25) is 0 Å². The predicted molar refractivity (Wildman–Crippen MR) is 48.6 cm³/mol. The minimum Gasteiger partial charge on any atom is -0.479 e. The van der Waals surface area contributed by atoms with Gasteiger partial charge in [-0.25, -0.2) is 0 Å². The Balaban J connectivity index is 1.86. The molecule has 3 nitrogen and oxygen atoms in total. The smallest absolute Gasteiger partial charge is 0.193 e. The SMILES string of the molecule is c1cc(OC2CCNCC2)sn1. The molecule has 0 aliphatic carbocycles. The van der Waals surface area contributed by atoms with Gasteiger partial charge < -0.3 is 10.1 Å². The van der Waals surface area contributed by atoms with Gasteiger partial charge in [0.05, 0.1) is 0 Å². The van der Waals surface area contributed by atoms with E-state index in [-0.39, 0.29) is 0 Å². The number of rotatable bonds is 2. The molecule has 0 atom stereocenters. The van der Waals surface area contributed by atoms with Gasteiger partial charge in [-0.1, -0.05) is 0 Å². The van der Waals surface area contributed by atoms with Gasteiger partial charge in [0.1, 0.15) is 6.10 Å². The molecule has 2 rings (SSSR count). The van der Waals surface area contributed by atoms with E-state index in [0.717, 1.165) is 31.0 Å². The Morgan fingerprint density at radius 2 is 2.33 bits per heavy atom. The molecule has 1 N–H and O–H groups in total. The molecule has 1 aromatic rings. The van der Waals surface area contributed by atoms with Crippen molar-refractivity contribution in [2.45, 2.75) is 18.9 Å². The highest BCUT2D eigenvalue weighted by Crippen LogP contribution is 2.19. The Morgan fingerprint density at radius 3 is 3.00 bits per heavy atom. The van der Waals surface area contributed by atoms with Gasteiger partial charge in [-0.05, 0) is 25.9 Å². The topological polar surface area (TPSA) is 34.1 Å². The van der Waals surface area contributed by atoms with Gasteiger partial charge in [-0.2, -0.15) is 4.37 Å². The number of piperidine rings is 1. The molecule has 4 heteroatoms. The summed E-state index contributed by atoms with van der Waals surface area (Å²) < 4.78 is 9.70. The van der Waals surface area contributed by atoms with E-state index in [1.165, 1.54) is 11.5 Å². The van der Waals surface area contributed by atoms with Crippen LogP contribution >= 0.6 is 11.5 Å². The Labute approximate surface area is 75.9 Å². The minimum absolute atomic E-state index is 0.395. The molecule has 12 heavy (non-hydrogen) atoms. The third kappa shape index (κ3) is 1.95. The third-order valence-corrected chi connectivity index (χ3v) is 2.62. The second-order valence-corrected chi connectivity index (χ2v) is 3.69. The molecule has 66 valence electrons. The van der Waals surface area contributed by atoms with Crippen molar-refractivity contribution in [3.63, 3.8) is 0 Å². The van der Waals surface area contributed by atoms with E-state index in [4.69, 9.17) is 4.74 Å². The number of hydrogen-bond acceptors (Lipinski definition) is 4. The first-order valence-corrected chi connectivity index (χ1v) is 5.00. The maximum Gasteiger partial charge on any atom is 0.193 e. The van der Waals surface area contributed by atoms with Gasteiger partial charge in [0.15, 0.2) is 5.06 Å². The quantitative estimate of drug-likeness (QED) is 0.751. The van der Waals surface area contributed by atoms with Crippen LogP contribution in [-0.2, 0) is 0 Å². The molecular weight excluding hydrogens is 172 g/mol. The lowest BCUT2D eigenvalue weighted by Gasteiger charge is -2.22. The predicted octanol–water partition coefficient (Wildman–Crippen LogP) is 1.27. The standard InChI is InChI=1S/C8H12N2OS/c1-4-9-5-2-7(1)11-8-3-6-10-12-8/h3,6-7,9H,1-2,4-5H2. The van der Waals surface area contributed by atoms with Crippen molar-refractivity contribution in [3.8, 4) is 5.06 Å². The highest BCUT2D eigenvalue weighted by atomic mass is 32.1. The molecule has 2 heterocycles. The van der Waals surface area contributed by atoms with E-state index < -0.39 is 0 Å². The van der Waals surface area contributed by atoms with Crippen molar-refractivity contribution < 1.29 is 4.74 Å². The zero-order valence-corrected chi connectivity index (χ0v) is 7.64. The molecule has 0 spiro atoms. The summed E-state index contributed by atoms with van der Waals surface area (Å²) >= 11 is 1.42. The molecular formula is C8H12N2OS. The van der Waals surface area contributed by atoms with E-state index in [9.17, 15) is 0 Å². The molecule has 1 fully saturated rings. The van der Waals surface area contributed by atoms with Crippen LogP contribution in [0.5, 0.6) is 5.06 Å². The fourth-order valence-electron chi connectivity index (χ4n) is 1.34. The second kappa shape index (κ2) is 3.87. The third-order valence-electron chi connectivity index (χ3n) is 1.98. The van der Waals surface area contributed by atoms with Crippen LogP contribution in [0.15, 0.2) is 12.3 Å². The van der Waals surface area contributed by atoms with Crippen molar-refractivity contribution in [2.75, 3.05) is 13.1 Å². The van der Waals surface area contributed by atoms with E-state index in [1.807, 2.05) is 6.07 Å². The highest BCUT2D eigenvalue weighted by molar-refractivity contribution is 7.07. The Morgan fingerprint density at radius 1 is 1.50 bits per heavy atom. The number of ether oxygens (including phenoxy) is 1. The molecule has 0 radical (unpaired) electrons. The summed E-state index contributed by atoms with van der Waals surface area (Å²) in [5, 5.41) is 4.25. The maximum absolute atomic E-state index is 5.71. The van der Waals surface area contributed by atoms with Crippen molar-refractivity contribution in [3.05, 3.63) is 12.3 Å². The monoisotopic (exact) mass is 184 g/mol. The van der Waals surface area contributed by atoms with Crippen LogP contribution in [0.2, 0.25) is 0 Å². The summed E-state index contributed by atoms with van der Waals surface area (Å²) in [6, 6.07) is 1.92. The Bertz CT molecular complexity index is 219. The Hall–Kier alpha value is -0.610. The van der Waals surface area contributed by atoms with Gasteiger partial charge in [-0.15, -0.1) is 0 Å². The zero-order chi connectivity index (χ0) is 8.23. The molecule has 0 amide bonds. The first-order valence-electron chi connectivity index (χ1n) is 4.23. The first-order chi connectivity index (χ1) is 5.95. The van der Waals surface area contributed by atoms with E-state index >= 15 is 0 Å². The molecule has 1 saturated heterocycles. The van der Waals surface area contributed by atoms with E-state index in [2.05, 4.69) is 9.69 Å². The molecule has 1 aliphatic rings. The average Bonchev–Trinajstić information content (AvgIpc) is 2.59. The lowest BCUT2D eigenvalue weighted by atomic mass is 10.1. The van der Waals surface area contributed by atoms with Gasteiger partial charge in [-0.3, -0.25) is 0 Å². The van der Waals surface area contributed by atoms with Crippen molar-refractivity contribution in [1.82, 2.24) is 9.69 Å². The van der Waals surface area contributed by atoms with Crippen LogP contribution in [0.4, 0.5) is 0 Å². The fourth-order valence-corrected chi connectivity index (χ4v) is 1.87. The lowest BCUT2D eigenvalue weighted by Crippen LogP contribution is -2.33. The molecule has 0 bridgehead atoms. The minimum atomic E-state index is 0.395. The molecule has 0 saturated carbocycles. The maximum atomic E-state index is 5.71. The summed E-state index contributed by atoms with van der Waals surface area (Å²) in [6.07, 6.45) is 4.39. The summed E-state index contributed by atoms with van der Waals surface area (Å²) in [4.78, 5) is 0. The number of hydrogen-bond donors (Lipinski definition) is 1. The highest BCUT2D eigenvalue weighted by Gasteiger charge is 2.14. The number of nitrogens with one attached hydrogen (secondary N) is 1. The van der Waals surface area contributed by atoms with Crippen LogP contribution in [0.1, 0.15) is 12.8 Å². The normalized spacial score (nSPS) is 19.3. The second-order valence-electron chi connectivity index (χ2n) is 2.90. The lowest BCUT2D eigenvalue weighted by molar-refractivity contribution is 0.168. The van der Waals surface area contributed by atoms with Crippen molar-refractivity contribution >= 4 is 11.5 Å². The summed E-state index contributed by atoms with van der Waals surface area (Å²) in [5.74, 6) is 0. The van der Waals surface area contributed by atoms with Crippen LogP contribution in [0, 0.1) is 0 Å². The zero-order valence-electron chi connectivity index (χ0n) is 6.82. The molecule has 0 unspecified atom stereocenters. The van der Waals surface area contributed by atoms with Crippen LogP contribution in [-0.4, -0.2) is 23.6 Å². The van der Waals surface area contributed by atoms with Crippen molar-refractivity contribution in [1.29, 1.82) is 0 Å². The van der Waals surface area contributed by atoms with Crippen molar-refractivity contribution in [2.24, 2.45) is 0 Å². The van der Waals surface area contributed by atoms with Crippen LogP contribution < -0.4 is 10.1 Å². The molecule has 0 aromatic carbocycles. The van der Waals surface area contributed by atoms with Crippen LogP contribution in [0.25, 0.3) is 0 Å². The Kier molecular flexibility index (Phi) is 2.58. The number of nitrogens with zero attached hydrogens (tertiary/aromatic N) is 1. The first kappa shape index (κ1) is 8.01. The van der Waals surface area contributed by atoms with Gasteiger partial charge in [0.25, 0.3) is 0 Å². The van der Waals surface area contributed by atoms with Crippen LogP contribution in [0.3, 0.4) is 0 Å². The van der Waals surface area contributed by atoms with E-state index in [0.29, 0.717) is 6.10 Å². The fraction of sp³-hybridized carbons (Fsp3) is 0.625. The summed E-state index contributed by atoms with van der Waals surface area (Å²) in [5.41, 5.74) is 0. The summed E-state index contributed by atoms with van der Waals surface area (Å²) in [6.45, 7) is 2.15. The van der Waals surface area contributed by atoms with E-state index in [1.54, 1.807) is 6.20 Å².